The number of rotatable bonds is 6. The van der Waals surface area contributed by atoms with Gasteiger partial charge >= 0.3 is 6.03 Å². The summed E-state index contributed by atoms with van der Waals surface area (Å²) in [4.78, 5) is 23.1. The van der Waals surface area contributed by atoms with Gasteiger partial charge in [0.15, 0.2) is 0 Å². The first-order valence-electron chi connectivity index (χ1n) is 6.79. The topological polar surface area (TPSA) is 76.0 Å². The van der Waals surface area contributed by atoms with E-state index in [0.717, 1.165) is 23.5 Å². The Bertz CT molecular complexity index is 650. The molecule has 0 fully saturated rings. The molecule has 6 nitrogen and oxygen atoms in total. The number of pyridine rings is 1. The summed E-state index contributed by atoms with van der Waals surface area (Å²) in [7, 11) is 0. The molecule has 2 rings (SSSR count). The zero-order valence-electron chi connectivity index (χ0n) is 11.8. The second-order valence-electron chi connectivity index (χ2n) is 4.65. The molecular weight excluding hydrogens is 288 g/mol. The van der Waals surface area contributed by atoms with Gasteiger partial charge in [-0.15, -0.1) is 0 Å². The van der Waals surface area contributed by atoms with E-state index in [-0.39, 0.29) is 11.6 Å². The quantitative estimate of drug-likeness (QED) is 0.803. The molecule has 0 saturated heterocycles. The maximum atomic E-state index is 11.6. The van der Waals surface area contributed by atoms with Crippen LogP contribution in [-0.2, 0) is 6.54 Å². The number of aryl methyl sites for hydroxylation is 2. The van der Waals surface area contributed by atoms with Gasteiger partial charge in [0.1, 0.15) is 5.00 Å². The molecule has 112 valence electrons. The Morgan fingerprint density at radius 1 is 1.38 bits per heavy atom. The minimum Gasteiger partial charge on any atom is -0.338 e. The predicted octanol–water partition coefficient (Wildman–Crippen LogP) is 2.22. The molecule has 7 heteroatoms. The molecule has 0 atom stereocenters. The van der Waals surface area contributed by atoms with Crippen LogP contribution in [0.4, 0.5) is 9.80 Å². The van der Waals surface area contributed by atoms with E-state index in [4.69, 9.17) is 0 Å². The number of hydrogen-bond acceptors (Lipinski definition) is 4. The molecule has 21 heavy (non-hydrogen) atoms. The number of carbonyl (C=O) groups excluding carboxylic acids is 1. The number of nitrogens with one attached hydrogen (secondary N) is 2. The summed E-state index contributed by atoms with van der Waals surface area (Å²) in [5.41, 5.74) is 0.896. The van der Waals surface area contributed by atoms with E-state index in [1.165, 1.54) is 11.5 Å². The van der Waals surface area contributed by atoms with Crippen molar-refractivity contribution in [1.82, 2.24) is 14.3 Å². The lowest BCUT2D eigenvalue weighted by Crippen LogP contribution is -2.29. The van der Waals surface area contributed by atoms with Crippen molar-refractivity contribution < 1.29 is 4.79 Å². The van der Waals surface area contributed by atoms with Crippen molar-refractivity contribution >= 4 is 22.6 Å². The van der Waals surface area contributed by atoms with Crippen LogP contribution < -0.4 is 16.2 Å². The summed E-state index contributed by atoms with van der Waals surface area (Å²) < 4.78 is 5.75. The highest BCUT2D eigenvalue weighted by molar-refractivity contribution is 7.10. The van der Waals surface area contributed by atoms with Crippen LogP contribution in [0.5, 0.6) is 0 Å². The smallest absolute Gasteiger partial charge is 0.319 e. The number of aromatic nitrogens is 2. The van der Waals surface area contributed by atoms with Gasteiger partial charge in [0.05, 0.1) is 5.69 Å². The van der Waals surface area contributed by atoms with Crippen LogP contribution in [0.25, 0.3) is 0 Å². The molecule has 0 aromatic carbocycles. The fourth-order valence-corrected chi connectivity index (χ4v) is 2.49. The van der Waals surface area contributed by atoms with Gasteiger partial charge in [-0.05, 0) is 43.4 Å². The van der Waals surface area contributed by atoms with Crippen molar-refractivity contribution in [2.24, 2.45) is 0 Å². The van der Waals surface area contributed by atoms with Crippen molar-refractivity contribution in [2.75, 3.05) is 11.9 Å². The summed E-state index contributed by atoms with van der Waals surface area (Å²) in [6, 6.07) is 6.71. The van der Waals surface area contributed by atoms with E-state index in [9.17, 15) is 9.59 Å². The molecule has 0 aliphatic carbocycles. The summed E-state index contributed by atoms with van der Waals surface area (Å²) in [6.45, 7) is 3.12. The van der Waals surface area contributed by atoms with Gasteiger partial charge in [0.2, 0.25) is 5.56 Å². The van der Waals surface area contributed by atoms with Gasteiger partial charge in [0.25, 0.3) is 0 Å². The first kappa shape index (κ1) is 15.2. The highest BCUT2D eigenvalue weighted by atomic mass is 32.1. The lowest BCUT2D eigenvalue weighted by Gasteiger charge is -2.07. The normalized spacial score (nSPS) is 10.3. The third-order valence-electron chi connectivity index (χ3n) is 2.88. The Balaban J connectivity index is 1.62. The number of amides is 2. The number of hydrogen-bond donors (Lipinski definition) is 2. The van der Waals surface area contributed by atoms with E-state index in [2.05, 4.69) is 15.0 Å². The highest BCUT2D eigenvalue weighted by Crippen LogP contribution is 2.14. The Hall–Kier alpha value is -2.15. The number of nitrogens with zero attached hydrogens (tertiary/aromatic N) is 2. The van der Waals surface area contributed by atoms with Gasteiger partial charge in [0, 0.05) is 25.4 Å². The van der Waals surface area contributed by atoms with Gasteiger partial charge in [-0.3, -0.25) is 10.1 Å². The summed E-state index contributed by atoms with van der Waals surface area (Å²) in [5.74, 6) is 0. The number of unbranched alkanes of at least 4 members (excludes halogenated alkanes) is 1. The molecule has 0 radical (unpaired) electrons. The van der Waals surface area contributed by atoms with Gasteiger partial charge in [-0.25, -0.2) is 4.79 Å². The fraction of sp³-hybridized carbons (Fsp3) is 0.357. The Morgan fingerprint density at radius 2 is 2.24 bits per heavy atom. The Morgan fingerprint density at radius 3 is 2.95 bits per heavy atom. The lowest BCUT2D eigenvalue weighted by molar-refractivity contribution is 0.252. The summed E-state index contributed by atoms with van der Waals surface area (Å²) in [5, 5.41) is 6.25. The maximum Gasteiger partial charge on any atom is 0.319 e. The average molecular weight is 306 g/mol. The SMILES string of the molecule is Cc1cc(NC(=O)NCCCCn2ccccc2=O)sn1. The third-order valence-corrected chi connectivity index (χ3v) is 3.67. The van der Waals surface area contributed by atoms with Crippen LogP contribution in [0.2, 0.25) is 0 Å². The first-order valence-corrected chi connectivity index (χ1v) is 7.56. The second kappa shape index (κ2) is 7.58. The monoisotopic (exact) mass is 306 g/mol. The van der Waals surface area contributed by atoms with Crippen LogP contribution in [0.3, 0.4) is 0 Å². The van der Waals surface area contributed by atoms with Gasteiger partial charge < -0.3 is 9.88 Å². The summed E-state index contributed by atoms with van der Waals surface area (Å²) in [6.07, 6.45) is 3.43. The molecule has 2 amide bonds. The second-order valence-corrected chi connectivity index (χ2v) is 5.46. The number of carbonyl (C=O) groups is 1. The highest BCUT2D eigenvalue weighted by Gasteiger charge is 2.03. The van der Waals surface area contributed by atoms with E-state index in [0.29, 0.717) is 13.1 Å². The van der Waals surface area contributed by atoms with Crippen molar-refractivity contribution in [3.8, 4) is 0 Å². The van der Waals surface area contributed by atoms with Gasteiger partial charge in [-0.1, -0.05) is 6.07 Å². The van der Waals surface area contributed by atoms with E-state index in [1.807, 2.05) is 19.1 Å². The average Bonchev–Trinajstić information content (AvgIpc) is 2.85. The zero-order chi connectivity index (χ0) is 15.1. The lowest BCUT2D eigenvalue weighted by atomic mass is 10.3. The van der Waals surface area contributed by atoms with Crippen molar-refractivity contribution in [2.45, 2.75) is 26.3 Å². The van der Waals surface area contributed by atoms with Crippen LogP contribution in [0.15, 0.2) is 35.3 Å². The molecular formula is C14H18N4O2S. The molecule has 2 aromatic rings. The van der Waals surface area contributed by atoms with Crippen LogP contribution in [0, 0.1) is 6.92 Å². The molecule has 2 N–H and O–H groups in total. The van der Waals surface area contributed by atoms with E-state index >= 15 is 0 Å². The number of urea groups is 1. The first-order chi connectivity index (χ1) is 10.1. The molecule has 0 bridgehead atoms. The van der Waals surface area contributed by atoms with Crippen LogP contribution >= 0.6 is 11.5 Å². The van der Waals surface area contributed by atoms with Crippen molar-refractivity contribution in [3.05, 3.63) is 46.5 Å². The fourth-order valence-electron chi connectivity index (χ4n) is 1.83. The zero-order valence-corrected chi connectivity index (χ0v) is 12.7. The predicted molar refractivity (Wildman–Crippen MR) is 83.8 cm³/mol. The third kappa shape index (κ3) is 5.03. The van der Waals surface area contributed by atoms with E-state index in [1.54, 1.807) is 22.9 Å². The molecule has 0 aliphatic rings. The van der Waals surface area contributed by atoms with Crippen molar-refractivity contribution in [3.63, 3.8) is 0 Å². The standard InChI is InChI=1S/C14H18N4O2S/c1-11-10-12(21-17-11)16-14(20)15-7-3-5-9-18-8-4-2-6-13(18)19/h2,4,6,8,10H,3,5,7,9H2,1H3,(H2,15,16,20). The largest absolute Gasteiger partial charge is 0.338 e. The minimum absolute atomic E-state index is 0.00349. The van der Waals surface area contributed by atoms with E-state index < -0.39 is 0 Å². The van der Waals surface area contributed by atoms with Crippen LogP contribution in [0.1, 0.15) is 18.5 Å². The Kier molecular flexibility index (Phi) is 5.51. The molecule has 0 aliphatic heterocycles. The Labute approximate surface area is 127 Å². The molecule has 2 heterocycles. The molecule has 0 saturated carbocycles. The van der Waals surface area contributed by atoms with Crippen molar-refractivity contribution in [1.29, 1.82) is 0 Å². The summed E-state index contributed by atoms with van der Waals surface area (Å²) >= 11 is 1.26. The van der Waals surface area contributed by atoms with Gasteiger partial charge in [-0.2, -0.15) is 4.37 Å². The molecule has 0 unspecified atom stereocenters. The molecule has 0 spiro atoms. The maximum absolute atomic E-state index is 11.6. The van der Waals surface area contributed by atoms with Crippen LogP contribution in [-0.4, -0.2) is 21.5 Å². The number of anilines is 1. The molecule has 2 aromatic heterocycles. The minimum atomic E-state index is -0.226.